The molecule has 0 unspecified atom stereocenters. The molecule has 8 nitrogen and oxygen atoms in total. The van der Waals surface area contributed by atoms with Gasteiger partial charge < -0.3 is 25.1 Å². The van der Waals surface area contributed by atoms with Gasteiger partial charge in [0, 0.05) is 25.8 Å². The van der Waals surface area contributed by atoms with E-state index in [0.717, 1.165) is 51.3 Å². The number of aryl methyl sites for hydroxylation is 1. The average molecular weight is 511 g/mol. The smallest absolute Gasteiger partial charge is 0.320 e. The number of fused-ring (bicyclic) bond motifs is 3. The van der Waals surface area contributed by atoms with Crippen LogP contribution in [0.5, 0.6) is 6.01 Å². The number of benzene rings is 2. The van der Waals surface area contributed by atoms with E-state index in [2.05, 4.69) is 79.5 Å². The molecule has 4 bridgehead atoms. The average Bonchev–Trinajstić information content (AvgIpc) is 3.25. The predicted molar refractivity (Wildman–Crippen MR) is 149 cm³/mol. The minimum Gasteiger partial charge on any atom is -0.463 e. The number of nitrogen functional groups attached to an aromatic ring is 1. The molecule has 0 radical (unpaired) electrons. The number of rotatable bonds is 4. The van der Waals surface area contributed by atoms with Gasteiger partial charge in [0.25, 0.3) is 0 Å². The van der Waals surface area contributed by atoms with Crippen LogP contribution in [0.4, 0.5) is 5.82 Å². The third-order valence-electron chi connectivity index (χ3n) is 7.40. The molecule has 0 saturated carbocycles. The van der Waals surface area contributed by atoms with Crippen LogP contribution in [0, 0.1) is 6.92 Å². The molecule has 38 heavy (non-hydrogen) atoms. The van der Waals surface area contributed by atoms with Gasteiger partial charge in [0.2, 0.25) is 0 Å². The lowest BCUT2D eigenvalue weighted by atomic mass is 9.94. The molecular formula is C30H34N6O2. The van der Waals surface area contributed by atoms with Gasteiger partial charge in [-0.1, -0.05) is 54.6 Å². The number of nitrogens with zero attached hydrogens (tertiary/aromatic N) is 4. The summed E-state index contributed by atoms with van der Waals surface area (Å²) in [4.78, 5) is 13.6. The third-order valence-corrected chi connectivity index (χ3v) is 7.40. The summed E-state index contributed by atoms with van der Waals surface area (Å²) < 4.78 is 13.4. The number of imidazole rings is 1. The highest BCUT2D eigenvalue weighted by molar-refractivity contribution is 5.82. The second-order valence-electron chi connectivity index (χ2n) is 10.1. The van der Waals surface area contributed by atoms with E-state index in [4.69, 9.17) is 15.2 Å². The summed E-state index contributed by atoms with van der Waals surface area (Å²) in [5.41, 5.74) is 13.8. The van der Waals surface area contributed by atoms with Crippen molar-refractivity contribution >= 4 is 17.0 Å². The zero-order chi connectivity index (χ0) is 25.9. The molecule has 0 atom stereocenters. The number of ether oxygens (including phenoxy) is 2. The lowest BCUT2D eigenvalue weighted by Crippen LogP contribution is -2.34. The Balaban J connectivity index is 1.28. The van der Waals surface area contributed by atoms with Crippen molar-refractivity contribution in [3.8, 4) is 17.1 Å². The first-order valence-electron chi connectivity index (χ1n) is 13.4. The van der Waals surface area contributed by atoms with E-state index in [1.54, 1.807) is 0 Å². The zero-order valence-corrected chi connectivity index (χ0v) is 21.8. The normalized spacial score (nSPS) is 17.3. The molecule has 4 heterocycles. The van der Waals surface area contributed by atoms with Gasteiger partial charge in [-0.15, -0.1) is 0 Å². The molecule has 4 aromatic rings. The van der Waals surface area contributed by atoms with E-state index in [0.29, 0.717) is 42.2 Å². The molecule has 6 rings (SSSR count). The number of hydrogen-bond donors (Lipinski definition) is 2. The molecule has 1 saturated heterocycles. The zero-order valence-electron chi connectivity index (χ0n) is 21.8. The second kappa shape index (κ2) is 10.9. The monoisotopic (exact) mass is 510 g/mol. The van der Waals surface area contributed by atoms with Crippen LogP contribution in [0.2, 0.25) is 0 Å². The molecule has 0 amide bonds. The van der Waals surface area contributed by atoms with Crippen LogP contribution in [0.15, 0.2) is 54.6 Å². The molecular weight excluding hydrogens is 476 g/mol. The Bertz CT molecular complexity index is 1450. The van der Waals surface area contributed by atoms with Crippen LogP contribution in [-0.4, -0.2) is 45.4 Å². The van der Waals surface area contributed by atoms with Crippen molar-refractivity contribution in [1.82, 2.24) is 24.8 Å². The minimum absolute atomic E-state index is 0.295. The van der Waals surface area contributed by atoms with Crippen molar-refractivity contribution in [2.75, 3.05) is 25.6 Å². The van der Waals surface area contributed by atoms with Gasteiger partial charge in [-0.05, 0) is 60.4 Å². The predicted octanol–water partition coefficient (Wildman–Crippen LogP) is 4.58. The van der Waals surface area contributed by atoms with Crippen molar-refractivity contribution in [2.45, 2.75) is 51.7 Å². The highest BCUT2D eigenvalue weighted by atomic mass is 16.5. The van der Waals surface area contributed by atoms with E-state index in [1.807, 2.05) is 6.92 Å². The molecule has 1 fully saturated rings. The van der Waals surface area contributed by atoms with Gasteiger partial charge >= 0.3 is 6.01 Å². The first-order valence-corrected chi connectivity index (χ1v) is 13.4. The van der Waals surface area contributed by atoms with E-state index in [9.17, 15) is 0 Å². The summed E-state index contributed by atoms with van der Waals surface area (Å²) in [6.07, 6.45) is 8.17. The van der Waals surface area contributed by atoms with E-state index in [-0.39, 0.29) is 0 Å². The van der Waals surface area contributed by atoms with Crippen molar-refractivity contribution in [1.29, 1.82) is 0 Å². The highest BCUT2D eigenvalue weighted by Crippen LogP contribution is 2.28. The van der Waals surface area contributed by atoms with Gasteiger partial charge in [0.15, 0.2) is 17.0 Å². The first kappa shape index (κ1) is 24.6. The Labute approximate surface area is 222 Å². The summed E-state index contributed by atoms with van der Waals surface area (Å²) in [5, 5.41) is 3.68. The van der Waals surface area contributed by atoms with Crippen LogP contribution in [0.1, 0.15) is 41.8 Å². The fourth-order valence-corrected chi connectivity index (χ4v) is 5.25. The van der Waals surface area contributed by atoms with Gasteiger partial charge in [-0.2, -0.15) is 9.97 Å². The van der Waals surface area contributed by atoms with Gasteiger partial charge in [-0.3, -0.25) is 0 Å². The molecule has 196 valence electrons. The quantitative estimate of drug-likeness (QED) is 0.388. The Hall–Kier alpha value is -3.75. The first-order chi connectivity index (χ1) is 18.6. The Morgan fingerprint density at radius 1 is 1.00 bits per heavy atom. The van der Waals surface area contributed by atoms with Gasteiger partial charge in [0.1, 0.15) is 5.82 Å². The van der Waals surface area contributed by atoms with E-state index in [1.165, 1.54) is 27.8 Å². The lowest BCUT2D eigenvalue weighted by Gasteiger charge is -2.23. The molecule has 0 aliphatic carbocycles. The molecule has 2 aliphatic rings. The number of nitrogens with one attached hydrogen (secondary N) is 1. The van der Waals surface area contributed by atoms with Gasteiger partial charge in [-0.25, -0.2) is 4.98 Å². The third kappa shape index (κ3) is 5.28. The van der Waals surface area contributed by atoms with Crippen molar-refractivity contribution in [2.24, 2.45) is 0 Å². The topological polar surface area (TPSA) is 100 Å². The molecule has 2 aliphatic heterocycles. The maximum atomic E-state index is 6.19. The number of anilines is 1. The van der Waals surface area contributed by atoms with Crippen LogP contribution < -0.4 is 15.8 Å². The fraction of sp³-hybridized carbons (Fsp3) is 0.367. The lowest BCUT2D eigenvalue weighted by molar-refractivity contribution is 0.0776. The van der Waals surface area contributed by atoms with E-state index >= 15 is 0 Å². The molecule has 2 aromatic heterocycles. The molecule has 0 spiro atoms. The standard InChI is InChI=1S/C30H34N6O2/c1-20-33-27-28(31)34-30-35-29(27)36(20)19-22-8-11-26(24(17-22)5-3-2-4-14-38-30)23-9-6-21(7-10-23)18-32-25-12-15-37-16-13-25/h2-3,6-11,17,25,32H,4-5,12-16,18-19H2,1H3,(H2,31,34,35)/b3-2-. The Morgan fingerprint density at radius 3 is 2.68 bits per heavy atom. The fourth-order valence-electron chi connectivity index (χ4n) is 5.25. The Kier molecular flexibility index (Phi) is 7.07. The molecule has 2 aromatic carbocycles. The number of aromatic nitrogens is 4. The van der Waals surface area contributed by atoms with E-state index < -0.39 is 0 Å². The van der Waals surface area contributed by atoms with Crippen molar-refractivity contribution in [3.63, 3.8) is 0 Å². The largest absolute Gasteiger partial charge is 0.463 e. The minimum atomic E-state index is 0.295. The van der Waals surface area contributed by atoms with Crippen LogP contribution in [0.3, 0.4) is 0 Å². The Morgan fingerprint density at radius 2 is 1.84 bits per heavy atom. The summed E-state index contributed by atoms with van der Waals surface area (Å²) in [5.74, 6) is 1.19. The number of hydrogen-bond acceptors (Lipinski definition) is 7. The molecule has 8 heteroatoms. The highest BCUT2D eigenvalue weighted by Gasteiger charge is 2.17. The maximum Gasteiger partial charge on any atom is 0.320 e. The van der Waals surface area contributed by atoms with Gasteiger partial charge in [0.05, 0.1) is 13.2 Å². The summed E-state index contributed by atoms with van der Waals surface area (Å²) in [6, 6.07) is 16.5. The number of nitrogens with two attached hydrogens (primary N) is 1. The summed E-state index contributed by atoms with van der Waals surface area (Å²) in [6.45, 7) is 5.71. The van der Waals surface area contributed by atoms with Crippen LogP contribution >= 0.6 is 0 Å². The van der Waals surface area contributed by atoms with Crippen LogP contribution in [-0.2, 0) is 24.2 Å². The summed E-state index contributed by atoms with van der Waals surface area (Å²) >= 11 is 0. The SMILES string of the molecule is Cc1nc2c(N)nc3nc2n1Cc1ccc(-c2ccc(CNC4CCOCC4)cc2)c(c1)C/C=C\CCO3. The van der Waals surface area contributed by atoms with Crippen molar-refractivity contribution < 1.29 is 9.47 Å². The van der Waals surface area contributed by atoms with Crippen molar-refractivity contribution in [3.05, 3.63) is 77.1 Å². The maximum absolute atomic E-state index is 6.19. The molecule has 3 N–H and O–H groups in total. The second-order valence-corrected chi connectivity index (χ2v) is 10.1. The van der Waals surface area contributed by atoms with Crippen LogP contribution in [0.25, 0.3) is 22.3 Å². The number of allylic oxidation sites excluding steroid dienone is 1. The summed E-state index contributed by atoms with van der Waals surface area (Å²) in [7, 11) is 0.